The number of nitrogens with one attached hydrogen (secondary N) is 1. The van der Waals surface area contributed by atoms with Crippen LogP contribution in [0.25, 0.3) is 0 Å². The first-order valence-corrected chi connectivity index (χ1v) is 7.87. The van der Waals surface area contributed by atoms with Crippen LogP contribution >= 0.6 is 0 Å². The van der Waals surface area contributed by atoms with E-state index in [0.717, 1.165) is 57.3 Å². The molecule has 1 aliphatic carbocycles. The predicted octanol–water partition coefficient (Wildman–Crippen LogP) is 2.15. The second-order valence-corrected chi connectivity index (χ2v) is 6.20. The molecule has 0 spiro atoms. The second kappa shape index (κ2) is 4.92. The Kier molecular flexibility index (Phi) is 3.06. The summed E-state index contributed by atoms with van der Waals surface area (Å²) in [5.41, 5.74) is 3.31. The number of nitrogens with zero attached hydrogens (tertiary/aromatic N) is 2. The van der Waals surface area contributed by atoms with Crippen LogP contribution in [-0.4, -0.2) is 38.8 Å². The zero-order chi connectivity index (χ0) is 13.5. The molecule has 1 saturated carbocycles. The van der Waals surface area contributed by atoms with Gasteiger partial charge in [-0.15, -0.1) is 0 Å². The first-order valence-electron chi connectivity index (χ1n) is 7.87. The molecule has 0 amide bonds. The summed E-state index contributed by atoms with van der Waals surface area (Å²) >= 11 is 0. The lowest BCUT2D eigenvalue weighted by Gasteiger charge is -2.35. The summed E-state index contributed by atoms with van der Waals surface area (Å²) in [4.78, 5) is 4.70. The van der Waals surface area contributed by atoms with Gasteiger partial charge in [-0.25, -0.2) is 4.39 Å². The Balaban J connectivity index is 1.70. The summed E-state index contributed by atoms with van der Waals surface area (Å²) in [6.07, 6.45) is 4.80. The molecule has 108 valence electrons. The van der Waals surface area contributed by atoms with Gasteiger partial charge in [0, 0.05) is 44.5 Å². The maximum absolute atomic E-state index is 14.4. The highest BCUT2D eigenvalue weighted by molar-refractivity contribution is 5.66. The van der Waals surface area contributed by atoms with Gasteiger partial charge in [0.15, 0.2) is 0 Å². The quantitative estimate of drug-likeness (QED) is 0.892. The van der Waals surface area contributed by atoms with Gasteiger partial charge in [0.25, 0.3) is 0 Å². The maximum Gasteiger partial charge on any atom is 0.146 e. The highest BCUT2D eigenvalue weighted by Crippen LogP contribution is 2.39. The van der Waals surface area contributed by atoms with Crippen LogP contribution in [0.1, 0.15) is 24.8 Å². The van der Waals surface area contributed by atoms with Crippen molar-refractivity contribution < 1.29 is 4.39 Å². The SMILES string of the molecule is Fc1cc2c(cc1N1CCNCC1)N(C1CC1)CCC2. The van der Waals surface area contributed by atoms with Crippen molar-refractivity contribution in [3.05, 3.63) is 23.5 Å². The Bertz CT molecular complexity index is 507. The van der Waals surface area contributed by atoms with Crippen LogP contribution in [0.2, 0.25) is 0 Å². The molecule has 0 aromatic heterocycles. The van der Waals surface area contributed by atoms with Crippen molar-refractivity contribution >= 4 is 11.4 Å². The lowest BCUT2D eigenvalue weighted by molar-refractivity contribution is 0.563. The molecular formula is C16H22FN3. The van der Waals surface area contributed by atoms with E-state index in [2.05, 4.69) is 21.2 Å². The molecule has 2 aliphatic heterocycles. The first kappa shape index (κ1) is 12.5. The number of anilines is 2. The molecule has 0 atom stereocenters. The molecular weight excluding hydrogens is 253 g/mol. The van der Waals surface area contributed by atoms with E-state index < -0.39 is 0 Å². The van der Waals surface area contributed by atoms with Gasteiger partial charge in [-0.2, -0.15) is 0 Å². The molecule has 3 aliphatic rings. The molecule has 0 unspecified atom stereocenters. The van der Waals surface area contributed by atoms with Crippen molar-refractivity contribution in [2.75, 3.05) is 42.5 Å². The molecule has 3 nitrogen and oxygen atoms in total. The van der Waals surface area contributed by atoms with Gasteiger partial charge >= 0.3 is 0 Å². The fourth-order valence-electron chi connectivity index (χ4n) is 3.53. The molecule has 20 heavy (non-hydrogen) atoms. The number of rotatable bonds is 2. The number of aryl methyl sites for hydroxylation is 1. The molecule has 2 fully saturated rings. The van der Waals surface area contributed by atoms with Crippen molar-refractivity contribution in [1.29, 1.82) is 0 Å². The summed E-state index contributed by atoms with van der Waals surface area (Å²) < 4.78 is 14.4. The minimum Gasteiger partial charge on any atom is -0.368 e. The Labute approximate surface area is 119 Å². The fraction of sp³-hybridized carbons (Fsp3) is 0.625. The van der Waals surface area contributed by atoms with Crippen LogP contribution in [0.5, 0.6) is 0 Å². The minimum atomic E-state index is -0.0386. The molecule has 2 heterocycles. The first-order chi connectivity index (χ1) is 9.83. The van der Waals surface area contributed by atoms with Crippen LogP contribution in [-0.2, 0) is 6.42 Å². The van der Waals surface area contributed by atoms with Crippen molar-refractivity contribution in [2.45, 2.75) is 31.7 Å². The van der Waals surface area contributed by atoms with Gasteiger partial charge in [0.2, 0.25) is 0 Å². The van der Waals surface area contributed by atoms with E-state index in [1.807, 2.05) is 0 Å². The van der Waals surface area contributed by atoms with Gasteiger partial charge in [-0.1, -0.05) is 0 Å². The zero-order valence-electron chi connectivity index (χ0n) is 11.9. The van der Waals surface area contributed by atoms with Crippen molar-refractivity contribution in [1.82, 2.24) is 5.32 Å². The average molecular weight is 275 g/mol. The molecule has 0 bridgehead atoms. The van der Waals surface area contributed by atoms with E-state index in [4.69, 9.17) is 0 Å². The third-order valence-corrected chi connectivity index (χ3v) is 4.75. The fourth-order valence-corrected chi connectivity index (χ4v) is 3.53. The number of fused-ring (bicyclic) bond motifs is 1. The summed E-state index contributed by atoms with van der Waals surface area (Å²) in [5.74, 6) is -0.0386. The monoisotopic (exact) mass is 275 g/mol. The molecule has 1 aromatic rings. The van der Waals surface area contributed by atoms with E-state index in [9.17, 15) is 4.39 Å². The predicted molar refractivity (Wildman–Crippen MR) is 80.2 cm³/mol. The smallest absolute Gasteiger partial charge is 0.146 e. The van der Waals surface area contributed by atoms with Gasteiger partial charge < -0.3 is 15.1 Å². The van der Waals surface area contributed by atoms with E-state index in [-0.39, 0.29) is 5.82 Å². The van der Waals surface area contributed by atoms with Gasteiger partial charge in [0.1, 0.15) is 5.82 Å². The third-order valence-electron chi connectivity index (χ3n) is 4.75. The highest BCUT2D eigenvalue weighted by atomic mass is 19.1. The van der Waals surface area contributed by atoms with Crippen molar-refractivity contribution in [3.8, 4) is 0 Å². The van der Waals surface area contributed by atoms with E-state index >= 15 is 0 Å². The van der Waals surface area contributed by atoms with Gasteiger partial charge in [-0.3, -0.25) is 0 Å². The van der Waals surface area contributed by atoms with Crippen LogP contribution in [0.15, 0.2) is 12.1 Å². The minimum absolute atomic E-state index is 0.0386. The number of halogens is 1. The average Bonchev–Trinajstić information content (AvgIpc) is 3.31. The van der Waals surface area contributed by atoms with Crippen LogP contribution in [0, 0.1) is 5.82 Å². The van der Waals surface area contributed by atoms with E-state index in [1.165, 1.54) is 24.1 Å². The number of hydrogen-bond donors (Lipinski definition) is 1. The van der Waals surface area contributed by atoms with Crippen LogP contribution in [0.3, 0.4) is 0 Å². The van der Waals surface area contributed by atoms with Gasteiger partial charge in [-0.05, 0) is 43.4 Å². The van der Waals surface area contributed by atoms with Crippen molar-refractivity contribution in [3.63, 3.8) is 0 Å². The standard InChI is InChI=1S/C16H22FN3/c17-14-10-12-2-1-7-20(13-3-4-13)15(12)11-16(14)19-8-5-18-6-9-19/h10-11,13,18H,1-9H2. The normalized spacial score (nSPS) is 22.9. The zero-order valence-corrected chi connectivity index (χ0v) is 11.9. The second-order valence-electron chi connectivity index (χ2n) is 6.20. The van der Waals surface area contributed by atoms with Crippen LogP contribution in [0.4, 0.5) is 15.8 Å². The van der Waals surface area contributed by atoms with E-state index in [1.54, 1.807) is 6.07 Å². The maximum atomic E-state index is 14.4. The van der Waals surface area contributed by atoms with Crippen LogP contribution < -0.4 is 15.1 Å². The largest absolute Gasteiger partial charge is 0.368 e. The number of hydrogen-bond acceptors (Lipinski definition) is 3. The molecule has 1 aromatic carbocycles. The Morgan fingerprint density at radius 2 is 1.85 bits per heavy atom. The summed E-state index contributed by atoms with van der Waals surface area (Å²) in [7, 11) is 0. The molecule has 1 N–H and O–H groups in total. The topological polar surface area (TPSA) is 18.5 Å². The van der Waals surface area contributed by atoms with E-state index in [0.29, 0.717) is 0 Å². The lowest BCUT2D eigenvalue weighted by atomic mass is 10.00. The summed E-state index contributed by atoms with van der Waals surface area (Å²) in [6.45, 7) is 4.84. The third kappa shape index (κ3) is 2.16. The molecule has 0 radical (unpaired) electrons. The highest BCUT2D eigenvalue weighted by Gasteiger charge is 2.33. The molecule has 4 heteroatoms. The summed E-state index contributed by atoms with van der Waals surface area (Å²) in [5, 5.41) is 3.33. The Hall–Kier alpha value is -1.29. The molecule has 1 saturated heterocycles. The van der Waals surface area contributed by atoms with Gasteiger partial charge in [0.05, 0.1) is 5.69 Å². The Morgan fingerprint density at radius 3 is 2.60 bits per heavy atom. The molecule has 4 rings (SSSR count). The Morgan fingerprint density at radius 1 is 1.05 bits per heavy atom. The number of piperazine rings is 1. The number of benzene rings is 1. The van der Waals surface area contributed by atoms with Crippen molar-refractivity contribution in [2.24, 2.45) is 0 Å². The summed E-state index contributed by atoms with van der Waals surface area (Å²) in [6, 6.07) is 4.63. The lowest BCUT2D eigenvalue weighted by Crippen LogP contribution is -2.44.